The highest BCUT2D eigenvalue weighted by atomic mass is 14.7. The number of hydrogen-bond donors (Lipinski definition) is 1. The Kier molecular flexibility index (Phi) is 3.42. The largest absolute Gasteiger partial charge is 0.324 e. The summed E-state index contributed by atoms with van der Waals surface area (Å²) in [5.74, 6) is 1.63. The molecular weight excluding hydrogens is 182 g/mol. The molecule has 1 aromatic rings. The summed E-state index contributed by atoms with van der Waals surface area (Å²) in [6, 6.07) is 10.8. The van der Waals surface area contributed by atoms with Gasteiger partial charge in [-0.15, -0.1) is 0 Å². The van der Waals surface area contributed by atoms with Crippen LogP contribution in [-0.2, 0) is 0 Å². The molecule has 1 aliphatic carbocycles. The van der Waals surface area contributed by atoms with Crippen LogP contribution in [0, 0.1) is 11.8 Å². The first-order chi connectivity index (χ1) is 7.31. The number of rotatable bonds is 3. The van der Waals surface area contributed by atoms with Crippen molar-refractivity contribution in [3.05, 3.63) is 35.9 Å². The lowest BCUT2D eigenvalue weighted by Crippen LogP contribution is -2.19. The highest BCUT2D eigenvalue weighted by Gasteiger charge is 2.28. The molecule has 3 atom stereocenters. The first-order valence-corrected chi connectivity index (χ1v) is 6.11. The van der Waals surface area contributed by atoms with Crippen LogP contribution in [0.25, 0.3) is 0 Å². The molecule has 2 rings (SSSR count). The van der Waals surface area contributed by atoms with Gasteiger partial charge in [0.1, 0.15) is 0 Å². The Morgan fingerprint density at radius 2 is 2.00 bits per heavy atom. The second-order valence-corrected chi connectivity index (χ2v) is 4.78. The van der Waals surface area contributed by atoms with E-state index < -0.39 is 0 Å². The van der Waals surface area contributed by atoms with Crippen LogP contribution < -0.4 is 5.73 Å². The molecule has 1 saturated carbocycles. The summed E-state index contributed by atoms with van der Waals surface area (Å²) in [5, 5.41) is 0. The summed E-state index contributed by atoms with van der Waals surface area (Å²) in [5.41, 5.74) is 7.62. The van der Waals surface area contributed by atoms with Gasteiger partial charge >= 0.3 is 0 Å². The smallest absolute Gasteiger partial charge is 0.0323 e. The van der Waals surface area contributed by atoms with Gasteiger partial charge in [-0.05, 0) is 30.2 Å². The van der Waals surface area contributed by atoms with Crippen LogP contribution in [0.2, 0.25) is 0 Å². The van der Waals surface area contributed by atoms with E-state index in [2.05, 4.69) is 37.3 Å². The molecule has 0 radical (unpaired) electrons. The molecule has 0 heterocycles. The van der Waals surface area contributed by atoms with Crippen molar-refractivity contribution in [2.24, 2.45) is 17.6 Å². The Bertz CT molecular complexity index is 293. The third-order valence-corrected chi connectivity index (χ3v) is 3.85. The van der Waals surface area contributed by atoms with Crippen molar-refractivity contribution in [2.45, 2.75) is 38.6 Å². The summed E-state index contributed by atoms with van der Waals surface area (Å²) in [6.45, 7) is 2.29. The quantitative estimate of drug-likeness (QED) is 0.799. The maximum atomic E-state index is 6.32. The standard InChI is InChI=1S/C14H21N/c1-2-11-8-9-13(10-11)14(15)12-6-4-3-5-7-12/h3-7,11,13-14H,2,8-10,15H2,1H3. The van der Waals surface area contributed by atoms with Gasteiger partial charge in [0, 0.05) is 6.04 Å². The van der Waals surface area contributed by atoms with Crippen LogP contribution >= 0.6 is 0 Å². The van der Waals surface area contributed by atoms with Gasteiger partial charge in [0.15, 0.2) is 0 Å². The molecule has 1 nitrogen and oxygen atoms in total. The average Bonchev–Trinajstić information content (AvgIpc) is 2.78. The molecule has 0 aromatic heterocycles. The summed E-state index contributed by atoms with van der Waals surface area (Å²) in [6.07, 6.45) is 5.33. The zero-order valence-corrected chi connectivity index (χ0v) is 9.52. The Hall–Kier alpha value is -0.820. The second kappa shape index (κ2) is 4.80. The SMILES string of the molecule is CCC1CCC(C(N)c2ccccc2)C1. The molecule has 3 unspecified atom stereocenters. The van der Waals surface area contributed by atoms with Gasteiger partial charge in [-0.2, -0.15) is 0 Å². The van der Waals surface area contributed by atoms with Crippen LogP contribution in [0.15, 0.2) is 30.3 Å². The van der Waals surface area contributed by atoms with Crippen molar-refractivity contribution >= 4 is 0 Å². The highest BCUT2D eigenvalue weighted by Crippen LogP contribution is 2.39. The molecule has 0 bridgehead atoms. The van der Waals surface area contributed by atoms with E-state index in [9.17, 15) is 0 Å². The fraction of sp³-hybridized carbons (Fsp3) is 0.571. The number of hydrogen-bond acceptors (Lipinski definition) is 1. The van der Waals surface area contributed by atoms with Crippen LogP contribution in [0.4, 0.5) is 0 Å². The molecule has 1 aromatic carbocycles. The maximum Gasteiger partial charge on any atom is 0.0323 e. The van der Waals surface area contributed by atoms with E-state index in [-0.39, 0.29) is 6.04 Å². The van der Waals surface area contributed by atoms with E-state index in [4.69, 9.17) is 5.73 Å². The zero-order chi connectivity index (χ0) is 10.7. The van der Waals surface area contributed by atoms with Crippen molar-refractivity contribution in [3.8, 4) is 0 Å². The van der Waals surface area contributed by atoms with Gasteiger partial charge in [0.05, 0.1) is 0 Å². The fourth-order valence-electron chi connectivity index (χ4n) is 2.76. The van der Waals surface area contributed by atoms with Gasteiger partial charge in [0.2, 0.25) is 0 Å². The maximum absolute atomic E-state index is 6.32. The van der Waals surface area contributed by atoms with Crippen LogP contribution in [0.3, 0.4) is 0 Å². The van der Waals surface area contributed by atoms with E-state index in [1.807, 2.05) is 0 Å². The summed E-state index contributed by atoms with van der Waals surface area (Å²) in [4.78, 5) is 0. The zero-order valence-electron chi connectivity index (χ0n) is 9.52. The van der Waals surface area contributed by atoms with E-state index in [0.29, 0.717) is 5.92 Å². The minimum Gasteiger partial charge on any atom is -0.324 e. The molecule has 0 aliphatic heterocycles. The molecule has 82 valence electrons. The predicted molar refractivity (Wildman–Crippen MR) is 64.5 cm³/mol. The summed E-state index contributed by atoms with van der Waals surface area (Å²) in [7, 11) is 0. The minimum atomic E-state index is 0.253. The second-order valence-electron chi connectivity index (χ2n) is 4.78. The van der Waals surface area contributed by atoms with Crippen molar-refractivity contribution in [1.29, 1.82) is 0 Å². The lowest BCUT2D eigenvalue weighted by atomic mass is 9.91. The Morgan fingerprint density at radius 1 is 1.27 bits per heavy atom. The number of nitrogens with two attached hydrogens (primary N) is 1. The van der Waals surface area contributed by atoms with E-state index in [1.165, 1.54) is 31.2 Å². The van der Waals surface area contributed by atoms with Gasteiger partial charge in [0.25, 0.3) is 0 Å². The Labute approximate surface area is 92.7 Å². The first kappa shape index (κ1) is 10.7. The topological polar surface area (TPSA) is 26.0 Å². The Morgan fingerprint density at radius 3 is 2.60 bits per heavy atom. The predicted octanol–water partition coefficient (Wildman–Crippen LogP) is 3.51. The normalized spacial score (nSPS) is 27.9. The van der Waals surface area contributed by atoms with Gasteiger partial charge in [-0.3, -0.25) is 0 Å². The first-order valence-electron chi connectivity index (χ1n) is 6.11. The molecule has 1 aliphatic rings. The third-order valence-electron chi connectivity index (χ3n) is 3.85. The van der Waals surface area contributed by atoms with E-state index in [0.717, 1.165) is 5.92 Å². The molecule has 2 N–H and O–H groups in total. The summed E-state index contributed by atoms with van der Waals surface area (Å²) < 4.78 is 0. The van der Waals surface area contributed by atoms with Crippen molar-refractivity contribution in [2.75, 3.05) is 0 Å². The Balaban J connectivity index is 2.00. The van der Waals surface area contributed by atoms with Crippen molar-refractivity contribution in [1.82, 2.24) is 0 Å². The monoisotopic (exact) mass is 203 g/mol. The fourth-order valence-corrected chi connectivity index (χ4v) is 2.76. The van der Waals surface area contributed by atoms with Crippen LogP contribution in [0.1, 0.15) is 44.2 Å². The van der Waals surface area contributed by atoms with Gasteiger partial charge < -0.3 is 5.73 Å². The molecule has 1 fully saturated rings. The van der Waals surface area contributed by atoms with Crippen molar-refractivity contribution in [3.63, 3.8) is 0 Å². The van der Waals surface area contributed by atoms with Crippen LogP contribution in [-0.4, -0.2) is 0 Å². The molecule has 15 heavy (non-hydrogen) atoms. The number of benzene rings is 1. The average molecular weight is 203 g/mol. The third kappa shape index (κ3) is 2.40. The van der Waals surface area contributed by atoms with Crippen LogP contribution in [0.5, 0.6) is 0 Å². The van der Waals surface area contributed by atoms with Gasteiger partial charge in [-0.1, -0.05) is 50.1 Å². The van der Waals surface area contributed by atoms with E-state index in [1.54, 1.807) is 0 Å². The minimum absolute atomic E-state index is 0.253. The summed E-state index contributed by atoms with van der Waals surface area (Å²) >= 11 is 0. The molecule has 0 spiro atoms. The van der Waals surface area contributed by atoms with E-state index >= 15 is 0 Å². The molecule has 0 amide bonds. The molecule has 0 saturated heterocycles. The molecule has 1 heteroatoms. The highest BCUT2D eigenvalue weighted by molar-refractivity contribution is 5.19. The lowest BCUT2D eigenvalue weighted by Gasteiger charge is -2.19. The lowest BCUT2D eigenvalue weighted by molar-refractivity contribution is 0.416. The van der Waals surface area contributed by atoms with Crippen molar-refractivity contribution < 1.29 is 0 Å². The van der Waals surface area contributed by atoms with Gasteiger partial charge in [-0.25, -0.2) is 0 Å². The molecular formula is C14H21N.